The summed E-state index contributed by atoms with van der Waals surface area (Å²) in [6.07, 6.45) is 4.12. The molecule has 0 saturated carbocycles. The first-order chi connectivity index (χ1) is 13.7. The van der Waals surface area contributed by atoms with E-state index in [1.807, 2.05) is 42.5 Å². The maximum absolute atomic E-state index is 12.4. The minimum atomic E-state index is -0.461. The Bertz CT molecular complexity index is 1130. The van der Waals surface area contributed by atoms with Gasteiger partial charge in [-0.2, -0.15) is 5.10 Å². The summed E-state index contributed by atoms with van der Waals surface area (Å²) in [7, 11) is 0. The summed E-state index contributed by atoms with van der Waals surface area (Å²) in [6.45, 7) is 2.06. The Morgan fingerprint density at radius 1 is 1.18 bits per heavy atom. The molecule has 0 saturated heterocycles. The van der Waals surface area contributed by atoms with Crippen molar-refractivity contribution in [2.45, 2.75) is 13.3 Å². The Morgan fingerprint density at radius 2 is 2.00 bits per heavy atom. The maximum atomic E-state index is 12.4. The van der Waals surface area contributed by atoms with Crippen LogP contribution in [0.5, 0.6) is 0 Å². The van der Waals surface area contributed by atoms with Crippen LogP contribution in [0.4, 0.5) is 0 Å². The van der Waals surface area contributed by atoms with Crippen LogP contribution in [0.2, 0.25) is 5.02 Å². The van der Waals surface area contributed by atoms with Crippen molar-refractivity contribution in [3.05, 3.63) is 76.8 Å². The molecule has 0 aliphatic carbocycles. The molecule has 3 aromatic heterocycles. The normalized spacial score (nSPS) is 10.9. The minimum absolute atomic E-state index is 0.247. The quantitative estimate of drug-likeness (QED) is 0.425. The van der Waals surface area contributed by atoms with Gasteiger partial charge in [0.15, 0.2) is 5.69 Å². The number of thiophene rings is 1. The van der Waals surface area contributed by atoms with Crippen LogP contribution >= 0.6 is 22.9 Å². The Morgan fingerprint density at radius 3 is 2.71 bits per heavy atom. The van der Waals surface area contributed by atoms with Gasteiger partial charge < -0.3 is 4.74 Å². The second kappa shape index (κ2) is 8.04. The fourth-order valence-corrected chi connectivity index (χ4v) is 4.19. The summed E-state index contributed by atoms with van der Waals surface area (Å²) < 4.78 is 5.94. The average Bonchev–Trinajstić information content (AvgIpc) is 3.15. The first-order valence-corrected chi connectivity index (χ1v) is 9.96. The molecule has 0 aliphatic heterocycles. The van der Waals surface area contributed by atoms with Crippen molar-refractivity contribution in [2.24, 2.45) is 0 Å². The van der Waals surface area contributed by atoms with E-state index in [1.165, 1.54) is 11.3 Å². The number of hydrogen-bond acceptors (Lipinski definition) is 6. The predicted octanol–water partition coefficient (Wildman–Crippen LogP) is 5.17. The van der Waals surface area contributed by atoms with E-state index in [1.54, 1.807) is 19.3 Å². The Kier molecular flexibility index (Phi) is 5.32. The first kappa shape index (κ1) is 18.5. The van der Waals surface area contributed by atoms with E-state index < -0.39 is 5.97 Å². The molecule has 5 nitrogen and oxygen atoms in total. The van der Waals surface area contributed by atoms with Gasteiger partial charge in [0.05, 0.1) is 17.0 Å². The van der Waals surface area contributed by atoms with Crippen LogP contribution < -0.4 is 0 Å². The lowest BCUT2D eigenvalue weighted by atomic mass is 10.1. The number of pyridine rings is 1. The Hall–Kier alpha value is -2.83. The zero-order valence-electron chi connectivity index (χ0n) is 15.1. The molecule has 0 fully saturated rings. The van der Waals surface area contributed by atoms with Gasteiger partial charge >= 0.3 is 5.97 Å². The van der Waals surface area contributed by atoms with Gasteiger partial charge in [-0.05, 0) is 42.3 Å². The van der Waals surface area contributed by atoms with Gasteiger partial charge in [-0.1, -0.05) is 29.8 Å². The van der Waals surface area contributed by atoms with Crippen molar-refractivity contribution < 1.29 is 9.53 Å². The SMILES string of the molecule is CCOC(=O)c1nnc(Cc2cccnc2)c2cc(-c3ccc(Cl)cc3)sc12. The largest absolute Gasteiger partial charge is 0.461 e. The number of fused-ring (bicyclic) bond motifs is 1. The molecule has 7 heteroatoms. The molecule has 0 N–H and O–H groups in total. The smallest absolute Gasteiger partial charge is 0.360 e. The van der Waals surface area contributed by atoms with E-state index in [0.717, 1.165) is 31.8 Å². The second-order valence-electron chi connectivity index (χ2n) is 6.11. The highest BCUT2D eigenvalue weighted by Crippen LogP contribution is 2.37. The fourth-order valence-electron chi connectivity index (χ4n) is 2.91. The van der Waals surface area contributed by atoms with Crippen molar-refractivity contribution in [1.29, 1.82) is 0 Å². The van der Waals surface area contributed by atoms with Crippen molar-refractivity contribution in [2.75, 3.05) is 6.61 Å². The summed E-state index contributed by atoms with van der Waals surface area (Å²) in [6, 6.07) is 13.5. The maximum Gasteiger partial charge on any atom is 0.360 e. The molecule has 0 atom stereocenters. The third kappa shape index (κ3) is 3.74. The number of carbonyl (C=O) groups is 1. The molecule has 140 valence electrons. The van der Waals surface area contributed by atoms with Crippen LogP contribution in [0.25, 0.3) is 20.5 Å². The molecule has 0 spiro atoms. The molecule has 3 heterocycles. The summed E-state index contributed by atoms with van der Waals surface area (Å²) in [4.78, 5) is 17.5. The molecule has 0 radical (unpaired) electrons. The number of halogens is 1. The number of esters is 1. The number of rotatable bonds is 5. The van der Waals surface area contributed by atoms with Crippen molar-refractivity contribution in [1.82, 2.24) is 15.2 Å². The molecule has 4 rings (SSSR count). The average molecular weight is 410 g/mol. The molecule has 0 amide bonds. The number of benzene rings is 1. The zero-order chi connectivity index (χ0) is 19.5. The second-order valence-corrected chi connectivity index (χ2v) is 7.60. The first-order valence-electron chi connectivity index (χ1n) is 8.76. The van der Waals surface area contributed by atoms with Crippen molar-refractivity contribution in [3.63, 3.8) is 0 Å². The van der Waals surface area contributed by atoms with Crippen LogP contribution in [0, 0.1) is 0 Å². The highest BCUT2D eigenvalue weighted by Gasteiger charge is 2.20. The van der Waals surface area contributed by atoms with Crippen LogP contribution in [0.1, 0.15) is 28.7 Å². The molecule has 0 unspecified atom stereocenters. The van der Waals surface area contributed by atoms with Gasteiger partial charge in [0, 0.05) is 34.1 Å². The van der Waals surface area contributed by atoms with E-state index in [-0.39, 0.29) is 12.3 Å². The summed E-state index contributed by atoms with van der Waals surface area (Å²) in [5.41, 5.74) is 3.10. The standard InChI is InChI=1S/C21H16ClN3O2S/c1-2-27-21(26)19-20-16(11-18(28-20)14-5-7-15(22)8-6-14)17(24-25-19)10-13-4-3-9-23-12-13/h3-9,11-12H,2,10H2,1H3. The monoisotopic (exact) mass is 409 g/mol. The molecule has 1 aromatic carbocycles. The van der Waals surface area contributed by atoms with E-state index in [9.17, 15) is 4.79 Å². The molecule has 4 aromatic rings. The Labute approximate surface area is 171 Å². The zero-order valence-corrected chi connectivity index (χ0v) is 16.6. The number of nitrogens with zero attached hydrogens (tertiary/aromatic N) is 3. The highest BCUT2D eigenvalue weighted by atomic mass is 35.5. The number of carbonyl (C=O) groups excluding carboxylic acids is 1. The molecular weight excluding hydrogens is 394 g/mol. The van der Waals surface area contributed by atoms with Gasteiger partial charge in [0.1, 0.15) is 0 Å². The topological polar surface area (TPSA) is 65.0 Å². The van der Waals surface area contributed by atoms with Crippen molar-refractivity contribution >= 4 is 39.0 Å². The Balaban J connectivity index is 1.85. The van der Waals surface area contributed by atoms with Gasteiger partial charge in [-0.25, -0.2) is 4.79 Å². The highest BCUT2D eigenvalue weighted by molar-refractivity contribution is 7.22. The third-order valence-corrected chi connectivity index (χ3v) is 5.66. The predicted molar refractivity (Wildman–Crippen MR) is 111 cm³/mol. The van der Waals surface area contributed by atoms with E-state index in [2.05, 4.69) is 15.2 Å². The van der Waals surface area contributed by atoms with Crippen LogP contribution in [-0.4, -0.2) is 27.8 Å². The van der Waals surface area contributed by atoms with Gasteiger partial charge in [-0.15, -0.1) is 16.4 Å². The summed E-state index contributed by atoms with van der Waals surface area (Å²) >= 11 is 7.51. The molecule has 0 bridgehead atoms. The number of aromatic nitrogens is 3. The molecule has 28 heavy (non-hydrogen) atoms. The van der Waals surface area contributed by atoms with Crippen LogP contribution in [-0.2, 0) is 11.2 Å². The van der Waals surface area contributed by atoms with Gasteiger partial charge in [-0.3, -0.25) is 4.98 Å². The van der Waals surface area contributed by atoms with Crippen LogP contribution in [0.3, 0.4) is 0 Å². The summed E-state index contributed by atoms with van der Waals surface area (Å²) in [5, 5.41) is 10.1. The van der Waals surface area contributed by atoms with E-state index >= 15 is 0 Å². The number of ether oxygens (including phenoxy) is 1. The fraction of sp³-hybridized carbons (Fsp3) is 0.143. The lowest BCUT2D eigenvalue weighted by Gasteiger charge is -2.05. The minimum Gasteiger partial charge on any atom is -0.461 e. The lowest BCUT2D eigenvalue weighted by Crippen LogP contribution is -2.09. The number of hydrogen-bond donors (Lipinski definition) is 0. The van der Waals surface area contributed by atoms with E-state index in [0.29, 0.717) is 11.4 Å². The third-order valence-electron chi connectivity index (χ3n) is 4.22. The lowest BCUT2D eigenvalue weighted by molar-refractivity contribution is 0.0521. The van der Waals surface area contributed by atoms with Gasteiger partial charge in [0.2, 0.25) is 0 Å². The molecular formula is C21H16ClN3O2S. The van der Waals surface area contributed by atoms with Crippen LogP contribution in [0.15, 0.2) is 54.9 Å². The van der Waals surface area contributed by atoms with Crippen molar-refractivity contribution in [3.8, 4) is 10.4 Å². The molecule has 0 aliphatic rings. The van der Waals surface area contributed by atoms with E-state index in [4.69, 9.17) is 16.3 Å². The summed E-state index contributed by atoms with van der Waals surface area (Å²) in [5.74, 6) is -0.461. The van der Waals surface area contributed by atoms with Gasteiger partial charge in [0.25, 0.3) is 0 Å².